The summed E-state index contributed by atoms with van der Waals surface area (Å²) in [6, 6.07) is 8.89. The van der Waals surface area contributed by atoms with E-state index in [1.165, 1.54) is 22.7 Å². The fourth-order valence-electron chi connectivity index (χ4n) is 3.20. The van der Waals surface area contributed by atoms with Gasteiger partial charge in [0.1, 0.15) is 6.04 Å². The topological polar surface area (TPSA) is 75.2 Å². The number of pyridine rings is 1. The molecule has 1 aliphatic rings. The Kier molecular flexibility index (Phi) is 5.00. The number of carbonyl (C=O) groups excluding carboxylic acids is 2. The van der Waals surface area contributed by atoms with Gasteiger partial charge >= 0.3 is 0 Å². The van der Waals surface area contributed by atoms with Crippen molar-refractivity contribution in [3.05, 3.63) is 52.5 Å². The largest absolute Gasteiger partial charge is 0.326 e. The Hall–Kier alpha value is -2.58. The molecule has 8 heteroatoms. The lowest BCUT2D eigenvalue weighted by Gasteiger charge is -2.22. The van der Waals surface area contributed by atoms with Gasteiger partial charge in [-0.15, -0.1) is 11.3 Å². The molecule has 0 radical (unpaired) electrons. The van der Waals surface area contributed by atoms with E-state index in [2.05, 4.69) is 15.3 Å². The second kappa shape index (κ2) is 7.58. The third-order valence-corrected chi connectivity index (χ3v) is 6.43. The summed E-state index contributed by atoms with van der Waals surface area (Å²) in [5.41, 5.74) is 1.66. The number of aromatic nitrogens is 2. The fraction of sp³-hybridized carbons (Fsp3) is 0.263. The van der Waals surface area contributed by atoms with Gasteiger partial charge in [-0.05, 0) is 43.3 Å². The summed E-state index contributed by atoms with van der Waals surface area (Å²) in [4.78, 5) is 37.5. The van der Waals surface area contributed by atoms with Crippen molar-refractivity contribution < 1.29 is 9.59 Å². The summed E-state index contributed by atoms with van der Waals surface area (Å²) in [5.74, 6) is -0.258. The zero-order chi connectivity index (χ0) is 18.8. The summed E-state index contributed by atoms with van der Waals surface area (Å²) in [6.45, 7) is 2.50. The maximum Gasteiger partial charge on any atom is 0.264 e. The number of amides is 2. The van der Waals surface area contributed by atoms with Crippen LogP contribution < -0.4 is 5.32 Å². The highest BCUT2D eigenvalue weighted by Gasteiger charge is 2.35. The van der Waals surface area contributed by atoms with Crippen LogP contribution in [0.4, 0.5) is 5.13 Å². The lowest BCUT2D eigenvalue weighted by atomic mass is 10.2. The number of thiazole rings is 1. The zero-order valence-corrected chi connectivity index (χ0v) is 16.3. The summed E-state index contributed by atoms with van der Waals surface area (Å²) < 4.78 is 0. The highest BCUT2D eigenvalue weighted by Crippen LogP contribution is 2.32. The van der Waals surface area contributed by atoms with E-state index >= 15 is 0 Å². The first kappa shape index (κ1) is 17.8. The van der Waals surface area contributed by atoms with Crippen LogP contribution in [-0.2, 0) is 4.79 Å². The van der Waals surface area contributed by atoms with Crippen molar-refractivity contribution in [3.8, 4) is 10.6 Å². The smallest absolute Gasteiger partial charge is 0.264 e. The molecule has 138 valence electrons. The zero-order valence-electron chi connectivity index (χ0n) is 14.7. The van der Waals surface area contributed by atoms with Crippen LogP contribution in [0.1, 0.15) is 28.2 Å². The lowest BCUT2D eigenvalue weighted by molar-refractivity contribution is -0.119. The molecule has 2 amide bonds. The third-order valence-electron chi connectivity index (χ3n) is 4.47. The Balaban J connectivity index is 1.50. The molecular formula is C19H18N4O2S2. The van der Waals surface area contributed by atoms with Crippen LogP contribution in [0.5, 0.6) is 0 Å². The minimum Gasteiger partial charge on any atom is -0.326 e. The Labute approximate surface area is 164 Å². The maximum atomic E-state index is 12.8. The first-order chi connectivity index (χ1) is 13.1. The van der Waals surface area contributed by atoms with Crippen LogP contribution in [0.3, 0.4) is 0 Å². The average Bonchev–Trinajstić information content (AvgIpc) is 3.43. The highest BCUT2D eigenvalue weighted by molar-refractivity contribution is 7.19. The van der Waals surface area contributed by atoms with Gasteiger partial charge in [0, 0.05) is 12.7 Å². The average molecular weight is 399 g/mol. The molecule has 0 aliphatic carbocycles. The van der Waals surface area contributed by atoms with E-state index < -0.39 is 6.04 Å². The molecule has 6 nitrogen and oxygen atoms in total. The summed E-state index contributed by atoms with van der Waals surface area (Å²) in [6.07, 6.45) is 3.23. The van der Waals surface area contributed by atoms with Crippen LogP contribution in [0.2, 0.25) is 0 Å². The molecule has 0 saturated carbocycles. The highest BCUT2D eigenvalue weighted by atomic mass is 32.1. The number of likely N-dealkylation sites (tertiary alicyclic amines) is 1. The van der Waals surface area contributed by atoms with Crippen LogP contribution in [0.15, 0.2) is 41.9 Å². The van der Waals surface area contributed by atoms with Crippen molar-refractivity contribution in [3.63, 3.8) is 0 Å². The molecule has 1 saturated heterocycles. The maximum absolute atomic E-state index is 12.8. The third kappa shape index (κ3) is 3.63. The second-order valence-electron chi connectivity index (χ2n) is 6.27. The fourth-order valence-corrected chi connectivity index (χ4v) is 4.82. The number of hydrogen-bond acceptors (Lipinski definition) is 6. The van der Waals surface area contributed by atoms with Crippen molar-refractivity contribution >= 4 is 39.6 Å². The molecule has 4 heterocycles. The quantitative estimate of drug-likeness (QED) is 0.725. The van der Waals surface area contributed by atoms with Gasteiger partial charge in [-0.3, -0.25) is 14.6 Å². The van der Waals surface area contributed by atoms with Gasteiger partial charge in [-0.1, -0.05) is 23.5 Å². The molecule has 1 aliphatic heterocycles. The van der Waals surface area contributed by atoms with Gasteiger partial charge in [-0.25, -0.2) is 4.98 Å². The molecule has 3 aromatic rings. The van der Waals surface area contributed by atoms with Crippen molar-refractivity contribution in [1.29, 1.82) is 0 Å². The summed E-state index contributed by atoms with van der Waals surface area (Å²) >= 11 is 2.80. The molecule has 0 unspecified atom stereocenters. The van der Waals surface area contributed by atoms with Crippen molar-refractivity contribution in [2.75, 3.05) is 11.9 Å². The number of carbonyl (C=O) groups is 2. The molecule has 0 spiro atoms. The number of rotatable bonds is 4. The van der Waals surface area contributed by atoms with Crippen molar-refractivity contribution in [2.24, 2.45) is 0 Å². The van der Waals surface area contributed by atoms with Crippen LogP contribution >= 0.6 is 22.7 Å². The van der Waals surface area contributed by atoms with E-state index in [0.29, 0.717) is 23.0 Å². The first-order valence-corrected chi connectivity index (χ1v) is 10.4. The lowest BCUT2D eigenvalue weighted by Crippen LogP contribution is -2.42. The standard InChI is InChI=1S/C19H18N4O2S2/c1-12-16(13-6-2-3-9-20-13)27-19(21-12)22-17(24)14-7-4-10-23(14)18(25)15-8-5-11-26-15/h2-3,5-6,8-9,11,14H,4,7,10H2,1H3,(H,21,22,24)/t14-/m1/s1. The van der Waals surface area contributed by atoms with Crippen LogP contribution in [0, 0.1) is 6.92 Å². The number of nitrogens with one attached hydrogen (secondary N) is 1. The van der Waals surface area contributed by atoms with Crippen molar-refractivity contribution in [2.45, 2.75) is 25.8 Å². The molecule has 4 rings (SSSR count). The van der Waals surface area contributed by atoms with Gasteiger partial charge in [0.05, 0.1) is 21.1 Å². The monoisotopic (exact) mass is 398 g/mol. The van der Waals surface area contributed by atoms with Gasteiger partial charge in [0.2, 0.25) is 5.91 Å². The molecule has 0 aromatic carbocycles. The second-order valence-corrected chi connectivity index (χ2v) is 8.22. The van der Waals surface area contributed by atoms with E-state index in [0.717, 1.165) is 22.7 Å². The van der Waals surface area contributed by atoms with E-state index in [4.69, 9.17) is 0 Å². The van der Waals surface area contributed by atoms with Gasteiger partial charge < -0.3 is 10.2 Å². The molecule has 0 bridgehead atoms. The summed E-state index contributed by atoms with van der Waals surface area (Å²) in [5, 5.41) is 5.30. The van der Waals surface area contributed by atoms with E-state index in [1.807, 2.05) is 36.6 Å². The molecule has 27 heavy (non-hydrogen) atoms. The minimum absolute atomic E-state index is 0.0767. The Bertz CT molecular complexity index is 954. The normalized spacial score (nSPS) is 16.5. The Morgan fingerprint density at radius 3 is 2.89 bits per heavy atom. The van der Waals surface area contributed by atoms with Gasteiger partial charge in [0.15, 0.2) is 5.13 Å². The Morgan fingerprint density at radius 2 is 2.15 bits per heavy atom. The number of aryl methyl sites for hydroxylation is 1. The van der Waals surface area contributed by atoms with E-state index in [9.17, 15) is 9.59 Å². The van der Waals surface area contributed by atoms with Crippen molar-refractivity contribution in [1.82, 2.24) is 14.9 Å². The van der Waals surface area contributed by atoms with E-state index in [-0.39, 0.29) is 11.8 Å². The SMILES string of the molecule is Cc1nc(NC(=O)[C@H]2CCCN2C(=O)c2cccs2)sc1-c1ccccn1. The molecule has 1 N–H and O–H groups in total. The van der Waals surface area contributed by atoms with Crippen LogP contribution in [0.25, 0.3) is 10.6 Å². The number of nitrogens with zero attached hydrogens (tertiary/aromatic N) is 3. The Morgan fingerprint density at radius 1 is 1.26 bits per heavy atom. The van der Waals surface area contributed by atoms with Gasteiger partial charge in [0.25, 0.3) is 5.91 Å². The minimum atomic E-state index is -0.456. The van der Waals surface area contributed by atoms with Crippen LogP contribution in [-0.4, -0.2) is 39.3 Å². The molecule has 1 atom stereocenters. The molecular weight excluding hydrogens is 380 g/mol. The molecule has 3 aromatic heterocycles. The van der Waals surface area contributed by atoms with E-state index in [1.54, 1.807) is 17.2 Å². The molecule has 1 fully saturated rings. The number of anilines is 1. The number of thiophene rings is 1. The predicted octanol–water partition coefficient (Wildman–Crippen LogP) is 3.82. The summed E-state index contributed by atoms with van der Waals surface area (Å²) in [7, 11) is 0. The predicted molar refractivity (Wildman–Crippen MR) is 107 cm³/mol. The first-order valence-electron chi connectivity index (χ1n) is 8.67. The number of hydrogen-bond donors (Lipinski definition) is 1. The van der Waals surface area contributed by atoms with Gasteiger partial charge in [-0.2, -0.15) is 0 Å².